The zero-order valence-corrected chi connectivity index (χ0v) is 28.8. The van der Waals surface area contributed by atoms with E-state index in [-0.39, 0.29) is 52.4 Å². The van der Waals surface area contributed by atoms with Gasteiger partial charge in [0.15, 0.2) is 0 Å². The maximum atomic E-state index is 13.0. The van der Waals surface area contributed by atoms with Gasteiger partial charge in [-0.2, -0.15) is 0 Å². The predicted molar refractivity (Wildman–Crippen MR) is 171 cm³/mol. The van der Waals surface area contributed by atoms with Gasteiger partial charge in [0.1, 0.15) is 6.10 Å². The lowest BCUT2D eigenvalue weighted by atomic mass is 9.43. The second kappa shape index (κ2) is 12.2. The molecule has 248 valence electrons. The Kier molecular flexibility index (Phi) is 9.64. The van der Waals surface area contributed by atoms with Crippen LogP contribution in [0.25, 0.3) is 0 Å². The first-order valence-corrected chi connectivity index (χ1v) is 16.9. The van der Waals surface area contributed by atoms with Crippen LogP contribution >= 0.6 is 0 Å². The molecule has 0 amide bonds. The number of carbonyl (C=O) groups excluding carboxylic acids is 2. The number of carboxylic acid groups (broad SMARTS) is 1. The number of fused-ring (bicyclic) bond motifs is 4. The summed E-state index contributed by atoms with van der Waals surface area (Å²) in [5, 5.41) is 21.0. The van der Waals surface area contributed by atoms with Gasteiger partial charge in [-0.1, -0.05) is 57.4 Å². The lowest BCUT2D eigenvalue weighted by molar-refractivity contribution is -0.174. The number of rotatable bonds is 10. The van der Waals surface area contributed by atoms with E-state index in [0.717, 1.165) is 57.8 Å². The summed E-state index contributed by atoms with van der Waals surface area (Å²) in [6, 6.07) is 0. The lowest BCUT2D eigenvalue weighted by Crippen LogP contribution is -2.56. The van der Waals surface area contributed by atoms with Gasteiger partial charge in [0.05, 0.1) is 31.5 Å². The van der Waals surface area contributed by atoms with Crippen molar-refractivity contribution >= 4 is 17.9 Å². The van der Waals surface area contributed by atoms with Gasteiger partial charge in [-0.15, -0.1) is 0 Å². The first-order valence-electron chi connectivity index (χ1n) is 16.9. The van der Waals surface area contributed by atoms with Gasteiger partial charge in [0.2, 0.25) is 0 Å². The average Bonchev–Trinajstić information content (AvgIpc) is 3.18. The molecule has 0 unspecified atom stereocenters. The van der Waals surface area contributed by atoms with E-state index in [1.807, 2.05) is 0 Å². The molecule has 0 aromatic heterocycles. The van der Waals surface area contributed by atoms with Crippen LogP contribution in [0.1, 0.15) is 132 Å². The Morgan fingerprint density at radius 1 is 0.955 bits per heavy atom. The minimum Gasteiger partial charge on any atom is -0.481 e. The quantitative estimate of drug-likeness (QED) is 0.191. The number of esters is 2. The summed E-state index contributed by atoms with van der Waals surface area (Å²) in [5.74, 6) is -1.47. The fraction of sp³-hybridized carbons (Fsp3) is 0.811. The van der Waals surface area contributed by atoms with Crippen LogP contribution in [0.4, 0.5) is 0 Å². The number of ether oxygens (including phenoxy) is 2. The van der Waals surface area contributed by atoms with Crippen molar-refractivity contribution in [3.63, 3.8) is 0 Å². The van der Waals surface area contributed by atoms with Crippen LogP contribution in [-0.2, 0) is 23.9 Å². The zero-order chi connectivity index (χ0) is 32.9. The number of methoxy groups -OCH3 is 1. The molecule has 7 heteroatoms. The van der Waals surface area contributed by atoms with Crippen molar-refractivity contribution in [3.8, 4) is 0 Å². The van der Waals surface area contributed by atoms with Crippen molar-refractivity contribution in [2.75, 3.05) is 7.11 Å². The molecule has 0 heterocycles. The predicted octanol–water partition coefficient (Wildman–Crippen LogP) is 7.80. The number of aliphatic hydroxyl groups is 1. The van der Waals surface area contributed by atoms with Gasteiger partial charge in [-0.05, 0) is 113 Å². The highest BCUT2D eigenvalue weighted by atomic mass is 16.5. The Morgan fingerprint density at radius 3 is 2.23 bits per heavy atom. The molecule has 0 aromatic carbocycles. The van der Waals surface area contributed by atoms with Crippen molar-refractivity contribution in [2.45, 2.75) is 144 Å². The summed E-state index contributed by atoms with van der Waals surface area (Å²) >= 11 is 0. The summed E-state index contributed by atoms with van der Waals surface area (Å²) in [6.07, 6.45) is 10.7. The second-order valence-corrected chi connectivity index (χ2v) is 16.4. The number of carbonyl (C=O) groups is 3. The molecule has 0 radical (unpaired) electrons. The Hall–Kier alpha value is -2.15. The van der Waals surface area contributed by atoms with Crippen molar-refractivity contribution in [1.82, 2.24) is 0 Å². The number of hydrogen-bond acceptors (Lipinski definition) is 6. The Morgan fingerprint density at radius 2 is 1.61 bits per heavy atom. The molecule has 2 fully saturated rings. The summed E-state index contributed by atoms with van der Waals surface area (Å²) in [7, 11) is 1.27. The van der Waals surface area contributed by atoms with E-state index >= 15 is 0 Å². The molecule has 0 aromatic rings. The Bertz CT molecular complexity index is 1210. The van der Waals surface area contributed by atoms with Gasteiger partial charge in [-0.3, -0.25) is 14.4 Å². The van der Waals surface area contributed by atoms with Gasteiger partial charge < -0.3 is 19.7 Å². The molecule has 4 aliphatic carbocycles. The van der Waals surface area contributed by atoms with Gasteiger partial charge in [0, 0.05) is 5.41 Å². The molecular weight excluding hydrogens is 556 g/mol. The topological polar surface area (TPSA) is 110 Å². The molecule has 44 heavy (non-hydrogen) atoms. The highest BCUT2D eigenvalue weighted by Gasteiger charge is 2.64. The van der Waals surface area contributed by atoms with Crippen molar-refractivity contribution < 1.29 is 34.1 Å². The van der Waals surface area contributed by atoms with Gasteiger partial charge >= 0.3 is 17.9 Å². The molecule has 7 nitrogen and oxygen atoms in total. The summed E-state index contributed by atoms with van der Waals surface area (Å²) in [5.41, 5.74) is 2.65. The number of allylic oxidation sites excluding steroid dienone is 4. The third-order valence-electron chi connectivity index (χ3n) is 13.1. The monoisotopic (exact) mass is 614 g/mol. The van der Waals surface area contributed by atoms with Crippen LogP contribution < -0.4 is 0 Å². The number of hydrogen-bond donors (Lipinski definition) is 2. The van der Waals surface area contributed by atoms with E-state index in [1.165, 1.54) is 19.6 Å². The SMILES string of the molecule is COC(=O)C[C@@](C)(O)CC(=O)O[C@@H]1CC[C@]2(C)C3=C(CC[C@H]2C1(C)C)[C@]1(C)CC[C@H]([C@@H](CCC=C(C)C)C(=O)O)[C@@]1(C)CC3. The molecule has 4 aliphatic rings. The standard InChI is InChI=1S/C37H58O7/c1-23(2)11-10-12-24(32(40)41)25-15-19-37(8)27-13-14-28-33(3,4)29(44-31(39)22-34(5,42)21-30(38)43-9)17-18-35(28,6)26(27)16-20-36(25,37)7/h11,24-25,28-29,42H,10,12-22H2,1-9H3,(H,40,41)/t24-,25-,28+,29-,34-,35-,36-,37+/m1/s1. The fourth-order valence-corrected chi connectivity index (χ4v) is 10.6. The molecule has 8 atom stereocenters. The summed E-state index contributed by atoms with van der Waals surface area (Å²) in [4.78, 5) is 37.3. The van der Waals surface area contributed by atoms with E-state index < -0.39 is 23.5 Å². The summed E-state index contributed by atoms with van der Waals surface area (Å²) in [6.45, 7) is 17.4. The number of carboxylic acids is 1. The Labute approximate surface area is 265 Å². The molecule has 4 rings (SSSR count). The van der Waals surface area contributed by atoms with Crippen molar-refractivity contribution in [1.29, 1.82) is 0 Å². The van der Waals surface area contributed by atoms with Gasteiger partial charge in [0.25, 0.3) is 0 Å². The molecule has 0 aliphatic heterocycles. The van der Waals surface area contributed by atoms with Crippen LogP contribution in [0.2, 0.25) is 0 Å². The fourth-order valence-electron chi connectivity index (χ4n) is 10.6. The van der Waals surface area contributed by atoms with Crippen LogP contribution in [0.3, 0.4) is 0 Å². The average molecular weight is 615 g/mol. The molecule has 2 saturated carbocycles. The third-order valence-corrected chi connectivity index (χ3v) is 13.1. The molecule has 0 saturated heterocycles. The molecule has 2 N–H and O–H groups in total. The lowest BCUT2D eigenvalue weighted by Gasteiger charge is -2.62. The third kappa shape index (κ3) is 6.03. The van der Waals surface area contributed by atoms with E-state index in [1.54, 1.807) is 11.1 Å². The highest BCUT2D eigenvalue weighted by Crippen LogP contribution is 2.72. The first kappa shape index (κ1) is 34.7. The highest BCUT2D eigenvalue weighted by molar-refractivity contribution is 5.75. The largest absolute Gasteiger partial charge is 0.481 e. The second-order valence-electron chi connectivity index (χ2n) is 16.4. The van der Waals surface area contributed by atoms with Crippen molar-refractivity contribution in [3.05, 3.63) is 22.8 Å². The maximum absolute atomic E-state index is 13.0. The van der Waals surface area contributed by atoms with E-state index in [0.29, 0.717) is 12.3 Å². The maximum Gasteiger partial charge on any atom is 0.309 e. The van der Waals surface area contributed by atoms with E-state index in [2.05, 4.69) is 59.3 Å². The normalized spacial score (nSPS) is 36.2. The van der Waals surface area contributed by atoms with E-state index in [4.69, 9.17) is 4.74 Å². The smallest absolute Gasteiger partial charge is 0.309 e. The van der Waals surface area contributed by atoms with Gasteiger partial charge in [-0.25, -0.2) is 0 Å². The zero-order valence-electron chi connectivity index (χ0n) is 28.8. The molecule has 0 bridgehead atoms. The van der Waals surface area contributed by atoms with Crippen LogP contribution in [0, 0.1) is 39.4 Å². The molecular formula is C37H58O7. The molecule has 0 spiro atoms. The minimum absolute atomic E-state index is 0.00210. The minimum atomic E-state index is -1.52. The first-order chi connectivity index (χ1) is 20.3. The van der Waals surface area contributed by atoms with Crippen molar-refractivity contribution in [2.24, 2.45) is 39.4 Å². The van der Waals surface area contributed by atoms with Crippen LogP contribution in [-0.4, -0.2) is 46.9 Å². The summed E-state index contributed by atoms with van der Waals surface area (Å²) < 4.78 is 10.7. The van der Waals surface area contributed by atoms with E-state index in [9.17, 15) is 24.6 Å². The number of aliphatic carboxylic acids is 1. The van der Waals surface area contributed by atoms with Crippen LogP contribution in [0.5, 0.6) is 0 Å². The Balaban J connectivity index is 1.55. The van der Waals surface area contributed by atoms with Crippen LogP contribution in [0.15, 0.2) is 22.8 Å².